The van der Waals surface area contributed by atoms with Gasteiger partial charge in [-0.15, -0.1) is 0 Å². The van der Waals surface area contributed by atoms with Crippen LogP contribution in [0, 0.1) is 0 Å². The minimum atomic E-state index is -0.0315. The lowest BCUT2D eigenvalue weighted by molar-refractivity contribution is -0.127. The van der Waals surface area contributed by atoms with Gasteiger partial charge in [0.05, 0.1) is 11.8 Å². The highest BCUT2D eigenvalue weighted by atomic mass is 16.3. The third kappa shape index (κ3) is 2.60. The second-order valence-corrected chi connectivity index (χ2v) is 6.46. The molecule has 0 saturated carbocycles. The summed E-state index contributed by atoms with van der Waals surface area (Å²) in [5.41, 5.74) is 2.74. The molecule has 5 heteroatoms. The van der Waals surface area contributed by atoms with Gasteiger partial charge in [-0.05, 0) is 30.5 Å². The fourth-order valence-corrected chi connectivity index (χ4v) is 3.73. The summed E-state index contributed by atoms with van der Waals surface area (Å²) < 4.78 is 5.05. The Morgan fingerprint density at radius 2 is 2.12 bits per heavy atom. The number of likely N-dealkylation sites (tertiary alicyclic amines) is 1. The molecule has 24 heavy (non-hydrogen) atoms. The van der Waals surface area contributed by atoms with Crippen molar-refractivity contribution < 1.29 is 14.0 Å². The van der Waals surface area contributed by atoms with Crippen LogP contribution in [0.3, 0.4) is 0 Å². The number of carbonyl (C=O) groups excluding carboxylic acids is 2. The van der Waals surface area contributed by atoms with E-state index in [2.05, 4.69) is 6.07 Å². The number of para-hydroxylation sites is 1. The van der Waals surface area contributed by atoms with Crippen molar-refractivity contribution in [1.29, 1.82) is 0 Å². The SMILES string of the molecule is O=C1CCCN1CC[C@H]1CN(C(=O)c2ccoc2)c2ccccc21. The number of hydrogen-bond donors (Lipinski definition) is 0. The van der Waals surface area contributed by atoms with Gasteiger partial charge in [-0.1, -0.05) is 18.2 Å². The van der Waals surface area contributed by atoms with Crippen molar-refractivity contribution in [3.8, 4) is 0 Å². The number of anilines is 1. The highest BCUT2D eigenvalue weighted by Gasteiger charge is 2.33. The van der Waals surface area contributed by atoms with E-state index in [-0.39, 0.29) is 17.7 Å². The molecule has 0 unspecified atom stereocenters. The number of rotatable bonds is 4. The summed E-state index contributed by atoms with van der Waals surface area (Å²) in [6.07, 6.45) is 5.53. The van der Waals surface area contributed by atoms with Gasteiger partial charge in [0.2, 0.25) is 5.91 Å². The molecule has 1 aromatic carbocycles. The Morgan fingerprint density at radius 1 is 1.25 bits per heavy atom. The predicted octanol–water partition coefficient (Wildman–Crippen LogP) is 3.04. The van der Waals surface area contributed by atoms with E-state index in [1.165, 1.54) is 18.1 Å². The van der Waals surface area contributed by atoms with Crippen LogP contribution in [0.1, 0.15) is 41.1 Å². The fourth-order valence-electron chi connectivity index (χ4n) is 3.73. The smallest absolute Gasteiger partial charge is 0.261 e. The van der Waals surface area contributed by atoms with Crippen molar-refractivity contribution in [1.82, 2.24) is 4.90 Å². The first kappa shape index (κ1) is 15.0. The molecule has 1 saturated heterocycles. The van der Waals surface area contributed by atoms with Crippen LogP contribution in [-0.2, 0) is 4.79 Å². The van der Waals surface area contributed by atoms with E-state index >= 15 is 0 Å². The van der Waals surface area contributed by atoms with Gasteiger partial charge in [-0.25, -0.2) is 0 Å². The van der Waals surface area contributed by atoms with Gasteiger partial charge in [-0.2, -0.15) is 0 Å². The lowest BCUT2D eigenvalue weighted by Gasteiger charge is -2.19. The largest absolute Gasteiger partial charge is 0.472 e. The fraction of sp³-hybridized carbons (Fsp3) is 0.368. The maximum atomic E-state index is 12.7. The first-order chi connectivity index (χ1) is 11.7. The minimum absolute atomic E-state index is 0.0315. The molecular weight excluding hydrogens is 304 g/mol. The first-order valence-electron chi connectivity index (χ1n) is 8.45. The lowest BCUT2D eigenvalue weighted by atomic mass is 9.98. The van der Waals surface area contributed by atoms with Crippen LogP contribution < -0.4 is 4.90 Å². The van der Waals surface area contributed by atoms with E-state index in [9.17, 15) is 9.59 Å². The maximum absolute atomic E-state index is 12.7. The predicted molar refractivity (Wildman–Crippen MR) is 90.0 cm³/mol. The maximum Gasteiger partial charge on any atom is 0.261 e. The van der Waals surface area contributed by atoms with Crippen molar-refractivity contribution in [2.45, 2.75) is 25.2 Å². The zero-order valence-corrected chi connectivity index (χ0v) is 13.5. The molecule has 0 aliphatic carbocycles. The van der Waals surface area contributed by atoms with Gasteiger partial charge < -0.3 is 14.2 Å². The van der Waals surface area contributed by atoms with E-state index in [4.69, 9.17) is 4.42 Å². The van der Waals surface area contributed by atoms with E-state index < -0.39 is 0 Å². The Morgan fingerprint density at radius 3 is 2.88 bits per heavy atom. The summed E-state index contributed by atoms with van der Waals surface area (Å²) in [6.45, 7) is 2.29. The third-order valence-corrected chi connectivity index (χ3v) is 5.00. The number of furan rings is 1. The van der Waals surface area contributed by atoms with Crippen LogP contribution >= 0.6 is 0 Å². The summed E-state index contributed by atoms with van der Waals surface area (Å²) in [6, 6.07) is 9.75. The highest BCUT2D eigenvalue weighted by molar-refractivity contribution is 6.07. The van der Waals surface area contributed by atoms with E-state index in [0.29, 0.717) is 18.5 Å². The Labute approximate surface area is 140 Å². The standard InChI is InChI=1S/C19H20N2O3/c22-18-6-3-9-20(18)10-7-14-12-21(17-5-2-1-4-16(14)17)19(23)15-8-11-24-13-15/h1-2,4-5,8,11,13-14H,3,6-7,9-10,12H2/t14-/m0/s1. The zero-order valence-electron chi connectivity index (χ0n) is 13.5. The zero-order chi connectivity index (χ0) is 16.5. The molecule has 2 aromatic rings. The molecule has 5 nitrogen and oxygen atoms in total. The molecule has 2 aliphatic heterocycles. The van der Waals surface area contributed by atoms with Crippen LogP contribution in [0.15, 0.2) is 47.3 Å². The monoisotopic (exact) mass is 324 g/mol. The van der Waals surface area contributed by atoms with E-state index in [1.807, 2.05) is 28.0 Å². The molecule has 0 bridgehead atoms. The molecule has 1 aromatic heterocycles. The van der Waals surface area contributed by atoms with Crippen molar-refractivity contribution in [2.24, 2.45) is 0 Å². The van der Waals surface area contributed by atoms with Gasteiger partial charge in [-0.3, -0.25) is 9.59 Å². The molecule has 3 heterocycles. The van der Waals surface area contributed by atoms with Crippen LogP contribution in [0.25, 0.3) is 0 Å². The van der Waals surface area contributed by atoms with Crippen LogP contribution in [0.2, 0.25) is 0 Å². The van der Waals surface area contributed by atoms with Gasteiger partial charge >= 0.3 is 0 Å². The van der Waals surface area contributed by atoms with Crippen molar-refractivity contribution in [2.75, 3.05) is 24.5 Å². The lowest BCUT2D eigenvalue weighted by Crippen LogP contribution is -2.31. The molecular formula is C19H20N2O3. The number of nitrogens with zero attached hydrogens (tertiary/aromatic N) is 2. The molecule has 1 atom stereocenters. The molecule has 124 valence electrons. The summed E-state index contributed by atoms with van der Waals surface area (Å²) in [7, 11) is 0. The Balaban J connectivity index is 1.52. The summed E-state index contributed by atoms with van der Waals surface area (Å²) in [5, 5.41) is 0. The van der Waals surface area contributed by atoms with Gasteiger partial charge in [0.25, 0.3) is 5.91 Å². The number of benzene rings is 1. The Hall–Kier alpha value is -2.56. The molecule has 0 N–H and O–H groups in total. The molecule has 1 fully saturated rings. The minimum Gasteiger partial charge on any atom is -0.472 e. The topological polar surface area (TPSA) is 53.8 Å². The third-order valence-electron chi connectivity index (χ3n) is 5.00. The van der Waals surface area contributed by atoms with Gasteiger partial charge in [0, 0.05) is 37.7 Å². The molecule has 2 aliphatic rings. The second kappa shape index (κ2) is 6.15. The van der Waals surface area contributed by atoms with Crippen molar-refractivity contribution in [3.63, 3.8) is 0 Å². The van der Waals surface area contributed by atoms with Gasteiger partial charge in [0.15, 0.2) is 0 Å². The van der Waals surface area contributed by atoms with E-state index in [1.54, 1.807) is 6.07 Å². The second-order valence-electron chi connectivity index (χ2n) is 6.46. The molecule has 2 amide bonds. The molecule has 0 spiro atoms. The van der Waals surface area contributed by atoms with E-state index in [0.717, 1.165) is 31.6 Å². The summed E-state index contributed by atoms with van der Waals surface area (Å²) in [5.74, 6) is 0.494. The Kier molecular flexibility index (Phi) is 3.84. The van der Waals surface area contributed by atoms with Crippen molar-refractivity contribution in [3.05, 3.63) is 54.0 Å². The number of amides is 2. The first-order valence-corrected chi connectivity index (χ1v) is 8.45. The number of hydrogen-bond acceptors (Lipinski definition) is 3. The highest BCUT2D eigenvalue weighted by Crippen LogP contribution is 2.39. The Bertz CT molecular complexity index is 754. The number of carbonyl (C=O) groups is 2. The number of fused-ring (bicyclic) bond motifs is 1. The van der Waals surface area contributed by atoms with Crippen LogP contribution in [-0.4, -0.2) is 36.3 Å². The normalized spacial score (nSPS) is 19.8. The summed E-state index contributed by atoms with van der Waals surface area (Å²) in [4.78, 5) is 28.3. The quantitative estimate of drug-likeness (QED) is 0.868. The van der Waals surface area contributed by atoms with Crippen LogP contribution in [0.4, 0.5) is 5.69 Å². The summed E-state index contributed by atoms with van der Waals surface area (Å²) >= 11 is 0. The van der Waals surface area contributed by atoms with Crippen molar-refractivity contribution >= 4 is 17.5 Å². The average molecular weight is 324 g/mol. The molecule has 0 radical (unpaired) electrons. The van der Waals surface area contributed by atoms with Gasteiger partial charge in [0.1, 0.15) is 6.26 Å². The average Bonchev–Trinajstić information content (AvgIpc) is 3.33. The van der Waals surface area contributed by atoms with Crippen LogP contribution in [0.5, 0.6) is 0 Å². The molecule has 4 rings (SSSR count).